The number of nitro groups is 1. The normalized spacial score (nSPS) is 11.0. The molecule has 84 valence electrons. The highest BCUT2D eigenvalue weighted by molar-refractivity contribution is 6.43. The number of halogens is 1. The number of methoxy groups -OCH3 is 1. The molecule has 0 saturated heterocycles. The number of hydrogen-bond acceptors (Lipinski definition) is 4. The molecule has 0 aliphatic heterocycles. The Morgan fingerprint density at radius 2 is 2.12 bits per heavy atom. The van der Waals surface area contributed by atoms with E-state index in [1.807, 2.05) is 0 Å². The van der Waals surface area contributed by atoms with E-state index in [4.69, 9.17) is 11.6 Å². The molecule has 6 heteroatoms. The third-order valence-electron chi connectivity index (χ3n) is 1.80. The number of nitro benzene ring substituents is 1. The SMILES string of the molecule is COC(=O)C(Cl)=Cc1ccccc1[N+](=O)[O-]. The smallest absolute Gasteiger partial charge is 0.349 e. The van der Waals surface area contributed by atoms with E-state index in [0.717, 1.165) is 0 Å². The number of carbonyl (C=O) groups is 1. The van der Waals surface area contributed by atoms with E-state index < -0.39 is 10.9 Å². The van der Waals surface area contributed by atoms with Crippen molar-refractivity contribution >= 4 is 29.3 Å². The van der Waals surface area contributed by atoms with Crippen molar-refractivity contribution in [2.45, 2.75) is 0 Å². The first kappa shape index (κ1) is 12.2. The van der Waals surface area contributed by atoms with Gasteiger partial charge in [-0.25, -0.2) is 4.79 Å². The van der Waals surface area contributed by atoms with Crippen molar-refractivity contribution in [1.29, 1.82) is 0 Å². The second-order valence-electron chi connectivity index (χ2n) is 2.80. The van der Waals surface area contributed by atoms with Gasteiger partial charge in [-0.15, -0.1) is 0 Å². The maximum atomic E-state index is 11.0. The predicted octanol–water partition coefficient (Wildman–Crippen LogP) is 2.35. The van der Waals surface area contributed by atoms with Crippen LogP contribution in [0, 0.1) is 10.1 Å². The lowest BCUT2D eigenvalue weighted by molar-refractivity contribution is -0.385. The quantitative estimate of drug-likeness (QED) is 0.353. The first-order valence-corrected chi connectivity index (χ1v) is 4.63. The maximum Gasteiger partial charge on any atom is 0.349 e. The minimum Gasteiger partial charge on any atom is -0.465 e. The summed E-state index contributed by atoms with van der Waals surface area (Å²) in [5, 5.41) is 10.4. The molecule has 0 heterocycles. The summed E-state index contributed by atoms with van der Waals surface area (Å²) in [6.45, 7) is 0. The van der Waals surface area contributed by atoms with Gasteiger partial charge in [-0.1, -0.05) is 23.7 Å². The number of nitrogens with zero attached hydrogens (tertiary/aromatic N) is 1. The zero-order chi connectivity index (χ0) is 12.1. The van der Waals surface area contributed by atoms with E-state index >= 15 is 0 Å². The topological polar surface area (TPSA) is 69.4 Å². The molecule has 0 spiro atoms. The number of esters is 1. The molecule has 1 aromatic carbocycles. The van der Waals surface area contributed by atoms with Crippen molar-refractivity contribution in [1.82, 2.24) is 0 Å². The Morgan fingerprint density at radius 3 is 2.69 bits per heavy atom. The van der Waals surface area contributed by atoms with Crippen molar-refractivity contribution in [3.63, 3.8) is 0 Å². The monoisotopic (exact) mass is 241 g/mol. The van der Waals surface area contributed by atoms with Crippen LogP contribution in [0.2, 0.25) is 0 Å². The fourth-order valence-corrected chi connectivity index (χ4v) is 1.26. The fourth-order valence-electron chi connectivity index (χ4n) is 1.07. The Labute approximate surface area is 96.4 Å². The standard InChI is InChI=1S/C10H8ClNO4/c1-16-10(13)8(11)6-7-4-2-3-5-9(7)12(14)15/h2-6H,1H3. The van der Waals surface area contributed by atoms with E-state index in [2.05, 4.69) is 4.74 Å². The minimum absolute atomic E-state index is 0.121. The van der Waals surface area contributed by atoms with Gasteiger partial charge in [0.25, 0.3) is 5.69 Å². The molecule has 0 N–H and O–H groups in total. The van der Waals surface area contributed by atoms with Crippen molar-refractivity contribution in [2.75, 3.05) is 7.11 Å². The maximum absolute atomic E-state index is 11.0. The highest BCUT2D eigenvalue weighted by atomic mass is 35.5. The third kappa shape index (κ3) is 2.80. The molecule has 0 atom stereocenters. The summed E-state index contributed by atoms with van der Waals surface area (Å²) in [6.07, 6.45) is 1.20. The Morgan fingerprint density at radius 1 is 1.50 bits per heavy atom. The van der Waals surface area contributed by atoms with Crippen molar-refractivity contribution in [3.8, 4) is 0 Å². The lowest BCUT2D eigenvalue weighted by Gasteiger charge is -1.98. The van der Waals surface area contributed by atoms with Gasteiger partial charge in [0.05, 0.1) is 17.6 Å². The zero-order valence-corrected chi connectivity index (χ0v) is 9.10. The van der Waals surface area contributed by atoms with Gasteiger partial charge in [0.2, 0.25) is 0 Å². The van der Waals surface area contributed by atoms with Crippen LogP contribution in [0.1, 0.15) is 5.56 Å². The van der Waals surface area contributed by atoms with Crippen LogP contribution in [0.3, 0.4) is 0 Å². The highest BCUT2D eigenvalue weighted by Crippen LogP contribution is 2.21. The Kier molecular flexibility index (Phi) is 4.02. The van der Waals surface area contributed by atoms with Crippen LogP contribution in [0.15, 0.2) is 29.3 Å². The molecule has 0 amide bonds. The summed E-state index contributed by atoms with van der Waals surface area (Å²) in [6, 6.07) is 5.96. The average Bonchev–Trinajstić information content (AvgIpc) is 2.28. The Balaban J connectivity index is 3.14. The molecule has 0 aromatic heterocycles. The number of carbonyl (C=O) groups excluding carboxylic acids is 1. The predicted molar refractivity (Wildman–Crippen MR) is 58.9 cm³/mol. The molecule has 0 unspecified atom stereocenters. The second kappa shape index (κ2) is 5.27. The Hall–Kier alpha value is -1.88. The Bertz CT molecular complexity index is 456. The van der Waals surface area contributed by atoms with E-state index in [9.17, 15) is 14.9 Å². The van der Waals surface area contributed by atoms with Crippen molar-refractivity contribution < 1.29 is 14.5 Å². The number of rotatable bonds is 3. The molecule has 0 bridgehead atoms. The first-order valence-electron chi connectivity index (χ1n) is 4.25. The molecular weight excluding hydrogens is 234 g/mol. The number of para-hydroxylation sites is 1. The lowest BCUT2D eigenvalue weighted by atomic mass is 10.1. The summed E-state index contributed by atoms with van der Waals surface area (Å²) in [5.41, 5.74) is 0.132. The fraction of sp³-hybridized carbons (Fsp3) is 0.100. The number of benzene rings is 1. The molecule has 1 aromatic rings. The third-order valence-corrected chi connectivity index (χ3v) is 2.06. The van der Waals surface area contributed by atoms with Crippen molar-refractivity contribution in [2.24, 2.45) is 0 Å². The van der Waals surface area contributed by atoms with Crippen LogP contribution in [0.25, 0.3) is 6.08 Å². The van der Waals surface area contributed by atoms with Gasteiger partial charge in [-0.3, -0.25) is 10.1 Å². The van der Waals surface area contributed by atoms with Crippen LogP contribution in [-0.2, 0) is 9.53 Å². The van der Waals surface area contributed by atoms with Gasteiger partial charge in [0.1, 0.15) is 5.03 Å². The summed E-state index contributed by atoms with van der Waals surface area (Å²) in [7, 11) is 1.18. The average molecular weight is 242 g/mol. The van der Waals surface area contributed by atoms with Gasteiger partial charge in [0, 0.05) is 6.07 Å². The van der Waals surface area contributed by atoms with E-state index in [-0.39, 0.29) is 16.3 Å². The highest BCUT2D eigenvalue weighted by Gasteiger charge is 2.13. The number of hydrogen-bond donors (Lipinski definition) is 0. The molecular formula is C10H8ClNO4. The van der Waals surface area contributed by atoms with E-state index in [0.29, 0.717) is 0 Å². The largest absolute Gasteiger partial charge is 0.465 e. The van der Waals surface area contributed by atoms with Crippen LogP contribution < -0.4 is 0 Å². The van der Waals surface area contributed by atoms with Gasteiger partial charge in [-0.05, 0) is 12.1 Å². The van der Waals surface area contributed by atoms with Crippen LogP contribution in [0.5, 0.6) is 0 Å². The molecule has 5 nitrogen and oxygen atoms in total. The molecule has 16 heavy (non-hydrogen) atoms. The van der Waals surface area contributed by atoms with Crippen LogP contribution >= 0.6 is 11.6 Å². The second-order valence-corrected chi connectivity index (χ2v) is 3.21. The molecule has 0 aliphatic rings. The van der Waals surface area contributed by atoms with Crippen molar-refractivity contribution in [3.05, 3.63) is 45.0 Å². The lowest BCUT2D eigenvalue weighted by Crippen LogP contribution is -2.00. The first-order chi connectivity index (χ1) is 7.56. The molecule has 0 saturated carbocycles. The van der Waals surface area contributed by atoms with Crippen LogP contribution in [-0.4, -0.2) is 18.0 Å². The van der Waals surface area contributed by atoms with Gasteiger partial charge in [0.15, 0.2) is 0 Å². The molecule has 0 radical (unpaired) electrons. The van der Waals surface area contributed by atoms with E-state index in [1.54, 1.807) is 6.07 Å². The van der Waals surface area contributed by atoms with Crippen LogP contribution in [0.4, 0.5) is 5.69 Å². The molecule has 1 rings (SSSR count). The summed E-state index contributed by atoms with van der Waals surface area (Å²) in [4.78, 5) is 21.1. The minimum atomic E-state index is -0.736. The van der Waals surface area contributed by atoms with Gasteiger partial charge < -0.3 is 4.74 Å². The molecule has 0 fully saturated rings. The van der Waals surface area contributed by atoms with Gasteiger partial charge in [-0.2, -0.15) is 0 Å². The summed E-state index contributed by atoms with van der Waals surface area (Å²) < 4.78 is 4.38. The number of ether oxygens (including phenoxy) is 1. The van der Waals surface area contributed by atoms with E-state index in [1.165, 1.54) is 31.4 Å². The molecule has 0 aliphatic carbocycles. The van der Waals surface area contributed by atoms with Gasteiger partial charge >= 0.3 is 5.97 Å². The zero-order valence-electron chi connectivity index (χ0n) is 8.34. The summed E-state index contributed by atoms with van der Waals surface area (Å²) >= 11 is 5.61. The summed E-state index contributed by atoms with van der Waals surface area (Å²) in [5.74, 6) is -0.736.